The number of aliphatic hydroxyl groups is 1. The summed E-state index contributed by atoms with van der Waals surface area (Å²) in [5.41, 5.74) is 0.332. The molecule has 0 unspecified atom stereocenters. The van der Waals surface area contributed by atoms with Gasteiger partial charge >= 0.3 is 0 Å². The van der Waals surface area contributed by atoms with Gasteiger partial charge in [-0.25, -0.2) is 0 Å². The molecule has 108 valence electrons. The predicted molar refractivity (Wildman–Crippen MR) is 79.5 cm³/mol. The maximum atomic E-state index is 9.63. The van der Waals surface area contributed by atoms with Crippen LogP contribution in [-0.4, -0.2) is 37.6 Å². The molecule has 1 rings (SSSR count). The molecule has 0 spiro atoms. The zero-order valence-corrected chi connectivity index (χ0v) is 13.3. The number of ether oxygens (including phenoxy) is 2. The van der Waals surface area contributed by atoms with Crippen LogP contribution < -0.4 is 10.1 Å². The first-order valence-electron chi connectivity index (χ1n) is 6.25. The van der Waals surface area contributed by atoms with Crippen LogP contribution in [-0.2, 0) is 11.3 Å². The molecule has 0 radical (unpaired) electrons. The van der Waals surface area contributed by atoms with E-state index in [0.29, 0.717) is 6.61 Å². The van der Waals surface area contributed by atoms with Crippen LogP contribution in [0.25, 0.3) is 0 Å². The lowest BCUT2D eigenvalue weighted by molar-refractivity contribution is 0.0282. The number of nitrogens with one attached hydrogen (secondary N) is 1. The highest BCUT2D eigenvalue weighted by Crippen LogP contribution is 2.26. The van der Waals surface area contributed by atoms with Crippen molar-refractivity contribution in [2.75, 3.05) is 26.9 Å². The largest absolute Gasteiger partial charge is 0.489 e. The molecule has 0 bridgehead atoms. The Kier molecular flexibility index (Phi) is 6.79. The second-order valence-electron chi connectivity index (χ2n) is 5.04. The van der Waals surface area contributed by atoms with E-state index in [4.69, 9.17) is 9.47 Å². The first kappa shape index (κ1) is 16.4. The molecular formula is C14H22BrNO3. The highest BCUT2D eigenvalue weighted by molar-refractivity contribution is 9.10. The summed E-state index contributed by atoms with van der Waals surface area (Å²) in [5, 5.41) is 12.9. The first-order valence-corrected chi connectivity index (χ1v) is 7.05. The highest BCUT2D eigenvalue weighted by Gasteiger charge is 2.14. The third-order valence-electron chi connectivity index (χ3n) is 2.39. The fourth-order valence-electron chi connectivity index (χ4n) is 1.43. The van der Waals surface area contributed by atoms with Gasteiger partial charge in [0.25, 0.3) is 0 Å². The number of rotatable bonds is 8. The van der Waals surface area contributed by atoms with E-state index >= 15 is 0 Å². The third-order valence-corrected chi connectivity index (χ3v) is 3.01. The smallest absolute Gasteiger partial charge is 0.133 e. The number of hydrogen-bond acceptors (Lipinski definition) is 4. The molecule has 0 aliphatic carbocycles. The SMILES string of the molecule is COCCNCc1ccc(OCC(C)(C)O)c(Br)c1. The van der Waals surface area contributed by atoms with Crippen molar-refractivity contribution in [1.29, 1.82) is 0 Å². The first-order chi connectivity index (χ1) is 8.92. The van der Waals surface area contributed by atoms with Gasteiger partial charge in [0, 0.05) is 20.2 Å². The van der Waals surface area contributed by atoms with E-state index in [0.717, 1.165) is 23.3 Å². The molecule has 0 atom stereocenters. The van der Waals surface area contributed by atoms with Gasteiger partial charge in [-0.05, 0) is 47.5 Å². The van der Waals surface area contributed by atoms with Crippen molar-refractivity contribution >= 4 is 15.9 Å². The monoisotopic (exact) mass is 331 g/mol. The lowest BCUT2D eigenvalue weighted by Crippen LogP contribution is -2.28. The minimum atomic E-state index is -0.834. The van der Waals surface area contributed by atoms with E-state index in [1.54, 1.807) is 21.0 Å². The number of benzene rings is 1. The molecule has 0 saturated carbocycles. The summed E-state index contributed by atoms with van der Waals surface area (Å²) in [6.45, 7) is 6.01. The molecule has 1 aromatic rings. The Morgan fingerprint density at radius 3 is 2.68 bits per heavy atom. The van der Waals surface area contributed by atoms with Crippen LogP contribution >= 0.6 is 15.9 Å². The van der Waals surface area contributed by atoms with Crippen molar-refractivity contribution < 1.29 is 14.6 Å². The Labute approximate surface area is 123 Å². The maximum absolute atomic E-state index is 9.63. The summed E-state index contributed by atoms with van der Waals surface area (Å²) in [7, 11) is 1.69. The minimum Gasteiger partial charge on any atom is -0.489 e. The molecule has 19 heavy (non-hydrogen) atoms. The summed E-state index contributed by atoms with van der Waals surface area (Å²) >= 11 is 3.48. The van der Waals surface area contributed by atoms with E-state index in [-0.39, 0.29) is 6.61 Å². The quantitative estimate of drug-likeness (QED) is 0.718. The van der Waals surface area contributed by atoms with E-state index in [1.165, 1.54) is 5.56 Å². The van der Waals surface area contributed by atoms with Gasteiger partial charge < -0.3 is 19.9 Å². The normalized spacial score (nSPS) is 11.6. The van der Waals surface area contributed by atoms with Crippen molar-refractivity contribution in [2.24, 2.45) is 0 Å². The van der Waals surface area contributed by atoms with E-state index < -0.39 is 5.60 Å². The van der Waals surface area contributed by atoms with Crippen LogP contribution in [0.5, 0.6) is 5.75 Å². The van der Waals surface area contributed by atoms with Crippen molar-refractivity contribution in [3.05, 3.63) is 28.2 Å². The van der Waals surface area contributed by atoms with Gasteiger partial charge in [-0.2, -0.15) is 0 Å². The van der Waals surface area contributed by atoms with Crippen LogP contribution in [0.15, 0.2) is 22.7 Å². The molecule has 2 N–H and O–H groups in total. The Bertz CT molecular complexity index is 391. The maximum Gasteiger partial charge on any atom is 0.133 e. The summed E-state index contributed by atoms with van der Waals surface area (Å²) < 4.78 is 11.4. The highest BCUT2D eigenvalue weighted by atomic mass is 79.9. The molecular weight excluding hydrogens is 310 g/mol. The van der Waals surface area contributed by atoms with E-state index in [1.807, 2.05) is 18.2 Å². The van der Waals surface area contributed by atoms with E-state index in [9.17, 15) is 5.11 Å². The third kappa shape index (κ3) is 6.92. The minimum absolute atomic E-state index is 0.261. The summed E-state index contributed by atoms with van der Waals surface area (Å²) in [4.78, 5) is 0. The second kappa shape index (κ2) is 7.85. The zero-order valence-electron chi connectivity index (χ0n) is 11.7. The van der Waals surface area contributed by atoms with Crippen LogP contribution in [0.1, 0.15) is 19.4 Å². The molecule has 0 saturated heterocycles. The van der Waals surface area contributed by atoms with Gasteiger partial charge in [-0.1, -0.05) is 6.07 Å². The fraction of sp³-hybridized carbons (Fsp3) is 0.571. The van der Waals surface area contributed by atoms with Gasteiger partial charge in [-0.3, -0.25) is 0 Å². The fourth-order valence-corrected chi connectivity index (χ4v) is 1.97. The van der Waals surface area contributed by atoms with Crippen molar-refractivity contribution in [1.82, 2.24) is 5.32 Å². The molecule has 0 aliphatic rings. The van der Waals surface area contributed by atoms with E-state index in [2.05, 4.69) is 21.2 Å². The molecule has 4 nitrogen and oxygen atoms in total. The average Bonchev–Trinajstić information content (AvgIpc) is 2.32. The van der Waals surface area contributed by atoms with Crippen LogP contribution in [0.4, 0.5) is 0 Å². The lowest BCUT2D eigenvalue weighted by atomic mass is 10.1. The Balaban J connectivity index is 2.49. The van der Waals surface area contributed by atoms with Crippen LogP contribution in [0.2, 0.25) is 0 Å². The Hall–Kier alpha value is -0.620. The molecule has 0 aromatic heterocycles. The summed E-state index contributed by atoms with van der Waals surface area (Å²) in [5.74, 6) is 0.739. The summed E-state index contributed by atoms with van der Waals surface area (Å²) in [6, 6.07) is 5.92. The predicted octanol–water partition coefficient (Wildman–Crippen LogP) is 2.33. The molecule has 0 fully saturated rings. The molecule has 1 aromatic carbocycles. The Morgan fingerprint density at radius 1 is 1.37 bits per heavy atom. The van der Waals surface area contributed by atoms with Gasteiger partial charge in [0.2, 0.25) is 0 Å². The molecule has 0 heterocycles. The average molecular weight is 332 g/mol. The molecule has 0 aliphatic heterocycles. The van der Waals surface area contributed by atoms with Crippen molar-refractivity contribution in [2.45, 2.75) is 26.0 Å². The topological polar surface area (TPSA) is 50.7 Å². The van der Waals surface area contributed by atoms with Crippen molar-refractivity contribution in [3.63, 3.8) is 0 Å². The molecule has 0 amide bonds. The molecule has 5 heteroatoms. The van der Waals surface area contributed by atoms with Gasteiger partial charge in [-0.15, -0.1) is 0 Å². The van der Waals surface area contributed by atoms with Crippen molar-refractivity contribution in [3.8, 4) is 5.75 Å². The number of halogens is 1. The standard InChI is InChI=1S/C14H22BrNO3/c1-14(2,17)10-19-13-5-4-11(8-12(13)15)9-16-6-7-18-3/h4-5,8,16-17H,6-7,9-10H2,1-3H3. The summed E-state index contributed by atoms with van der Waals surface area (Å²) in [6.07, 6.45) is 0. The lowest BCUT2D eigenvalue weighted by Gasteiger charge is -2.18. The Morgan fingerprint density at radius 2 is 2.11 bits per heavy atom. The van der Waals surface area contributed by atoms with Gasteiger partial charge in [0.15, 0.2) is 0 Å². The zero-order chi connectivity index (χ0) is 14.3. The second-order valence-corrected chi connectivity index (χ2v) is 5.89. The van der Waals surface area contributed by atoms with Gasteiger partial charge in [0.1, 0.15) is 12.4 Å². The van der Waals surface area contributed by atoms with Gasteiger partial charge in [0.05, 0.1) is 16.7 Å². The van der Waals surface area contributed by atoms with Crippen LogP contribution in [0, 0.1) is 0 Å². The van der Waals surface area contributed by atoms with Crippen LogP contribution in [0.3, 0.4) is 0 Å². The number of hydrogen-bond donors (Lipinski definition) is 2. The number of methoxy groups -OCH3 is 1.